The first-order chi connectivity index (χ1) is 6.34. The van der Waals surface area contributed by atoms with E-state index < -0.39 is 0 Å². The maximum absolute atomic E-state index is 8.58. The quantitative estimate of drug-likeness (QED) is 0.552. The van der Waals surface area contributed by atoms with Crippen LogP contribution in [0.4, 0.5) is 0 Å². The molecule has 1 aromatic carbocycles. The summed E-state index contributed by atoms with van der Waals surface area (Å²) >= 11 is 0. The molecule has 13 heavy (non-hydrogen) atoms. The number of aliphatic hydroxyl groups is 1. The standard InChI is InChI=1S/C11H15NO/c1-10(12-8-5-9-13)11-6-3-2-4-7-11/h2-4,6-7,13H,5,8-9H2,1H3. The minimum atomic E-state index is 0.214. The summed E-state index contributed by atoms with van der Waals surface area (Å²) in [6, 6.07) is 10.1. The first kappa shape index (κ1) is 9.93. The normalized spacial score (nSPS) is 11.7. The lowest BCUT2D eigenvalue weighted by atomic mass is 10.1. The van der Waals surface area contributed by atoms with Gasteiger partial charge in [0.05, 0.1) is 0 Å². The van der Waals surface area contributed by atoms with E-state index in [2.05, 4.69) is 4.99 Å². The van der Waals surface area contributed by atoms with Crippen LogP contribution in [-0.4, -0.2) is 24.0 Å². The summed E-state index contributed by atoms with van der Waals surface area (Å²) in [6.07, 6.45) is 0.740. The number of benzene rings is 1. The fourth-order valence-corrected chi connectivity index (χ4v) is 1.09. The van der Waals surface area contributed by atoms with E-state index in [1.807, 2.05) is 37.3 Å². The van der Waals surface area contributed by atoms with Gasteiger partial charge in [-0.25, -0.2) is 0 Å². The number of hydrogen-bond acceptors (Lipinski definition) is 2. The summed E-state index contributed by atoms with van der Waals surface area (Å²) in [7, 11) is 0. The highest BCUT2D eigenvalue weighted by molar-refractivity contribution is 5.98. The molecule has 70 valence electrons. The molecule has 0 radical (unpaired) electrons. The Morgan fingerprint density at radius 2 is 2.00 bits per heavy atom. The molecule has 0 bridgehead atoms. The summed E-state index contributed by atoms with van der Waals surface area (Å²) in [5, 5.41) is 8.58. The molecule has 0 unspecified atom stereocenters. The van der Waals surface area contributed by atoms with E-state index in [1.54, 1.807) is 0 Å². The molecule has 1 rings (SSSR count). The van der Waals surface area contributed by atoms with Crippen LogP contribution in [0.1, 0.15) is 18.9 Å². The summed E-state index contributed by atoms with van der Waals surface area (Å²) in [4.78, 5) is 4.34. The van der Waals surface area contributed by atoms with Gasteiger partial charge in [0, 0.05) is 18.9 Å². The van der Waals surface area contributed by atoms with Crippen molar-refractivity contribution in [3.63, 3.8) is 0 Å². The lowest BCUT2D eigenvalue weighted by Crippen LogP contribution is -1.97. The highest BCUT2D eigenvalue weighted by Crippen LogP contribution is 2.00. The van der Waals surface area contributed by atoms with Gasteiger partial charge in [0.1, 0.15) is 0 Å². The van der Waals surface area contributed by atoms with E-state index in [4.69, 9.17) is 5.11 Å². The molecule has 0 atom stereocenters. The predicted octanol–water partition coefficient (Wildman–Crippen LogP) is 1.88. The van der Waals surface area contributed by atoms with Crippen molar-refractivity contribution >= 4 is 5.71 Å². The van der Waals surface area contributed by atoms with Gasteiger partial charge in [-0.1, -0.05) is 30.3 Å². The second-order valence-electron chi connectivity index (χ2n) is 2.91. The molecule has 0 aliphatic carbocycles. The van der Waals surface area contributed by atoms with Crippen molar-refractivity contribution in [1.29, 1.82) is 0 Å². The first-order valence-electron chi connectivity index (χ1n) is 4.52. The zero-order valence-electron chi connectivity index (χ0n) is 7.90. The van der Waals surface area contributed by atoms with Crippen molar-refractivity contribution in [2.75, 3.05) is 13.2 Å². The highest BCUT2D eigenvalue weighted by Gasteiger charge is 1.93. The van der Waals surface area contributed by atoms with Crippen LogP contribution in [0.2, 0.25) is 0 Å². The zero-order chi connectivity index (χ0) is 9.52. The third-order valence-corrected chi connectivity index (χ3v) is 1.86. The average Bonchev–Trinajstić information content (AvgIpc) is 2.19. The van der Waals surface area contributed by atoms with E-state index >= 15 is 0 Å². The van der Waals surface area contributed by atoms with E-state index in [0.717, 1.165) is 17.7 Å². The fraction of sp³-hybridized carbons (Fsp3) is 0.364. The Bertz CT molecular complexity index is 267. The number of aliphatic imine (C=N–C) groups is 1. The maximum atomic E-state index is 8.58. The van der Waals surface area contributed by atoms with Gasteiger partial charge in [-0.15, -0.1) is 0 Å². The summed E-state index contributed by atoms with van der Waals surface area (Å²) < 4.78 is 0. The molecule has 0 saturated heterocycles. The molecule has 0 amide bonds. The molecule has 2 heteroatoms. The zero-order valence-corrected chi connectivity index (χ0v) is 7.90. The SMILES string of the molecule is CC(=NCCCO)c1ccccc1. The largest absolute Gasteiger partial charge is 0.396 e. The van der Waals surface area contributed by atoms with E-state index in [1.165, 1.54) is 0 Å². The van der Waals surface area contributed by atoms with Gasteiger partial charge in [-0.2, -0.15) is 0 Å². The number of hydrogen-bond donors (Lipinski definition) is 1. The molecule has 2 nitrogen and oxygen atoms in total. The lowest BCUT2D eigenvalue weighted by Gasteiger charge is -1.99. The van der Waals surface area contributed by atoms with Crippen LogP contribution in [-0.2, 0) is 0 Å². The van der Waals surface area contributed by atoms with Crippen molar-refractivity contribution in [3.8, 4) is 0 Å². The van der Waals surface area contributed by atoms with Crippen LogP contribution in [0, 0.1) is 0 Å². The van der Waals surface area contributed by atoms with Crippen LogP contribution >= 0.6 is 0 Å². The molecule has 0 aliphatic heterocycles. The summed E-state index contributed by atoms with van der Waals surface area (Å²) in [5.41, 5.74) is 2.19. The minimum absolute atomic E-state index is 0.214. The lowest BCUT2D eigenvalue weighted by molar-refractivity contribution is 0.291. The van der Waals surface area contributed by atoms with E-state index in [-0.39, 0.29) is 6.61 Å². The Balaban J connectivity index is 2.57. The molecule has 0 heterocycles. The second-order valence-corrected chi connectivity index (χ2v) is 2.91. The van der Waals surface area contributed by atoms with Gasteiger partial charge >= 0.3 is 0 Å². The molecule has 0 spiro atoms. The Morgan fingerprint density at radius 3 is 2.62 bits per heavy atom. The Labute approximate surface area is 78.9 Å². The number of nitrogens with zero attached hydrogens (tertiary/aromatic N) is 1. The van der Waals surface area contributed by atoms with Crippen LogP contribution in [0.5, 0.6) is 0 Å². The molecule has 0 saturated carbocycles. The second kappa shape index (κ2) is 5.49. The van der Waals surface area contributed by atoms with Gasteiger partial charge in [-0.05, 0) is 18.9 Å². The smallest absolute Gasteiger partial charge is 0.0448 e. The van der Waals surface area contributed by atoms with Crippen molar-refractivity contribution in [1.82, 2.24) is 0 Å². The Kier molecular flexibility index (Phi) is 4.19. The van der Waals surface area contributed by atoms with Gasteiger partial charge in [0.2, 0.25) is 0 Å². The van der Waals surface area contributed by atoms with Gasteiger partial charge < -0.3 is 5.11 Å². The fourth-order valence-electron chi connectivity index (χ4n) is 1.09. The average molecular weight is 177 g/mol. The minimum Gasteiger partial charge on any atom is -0.396 e. The Morgan fingerprint density at radius 1 is 1.31 bits per heavy atom. The van der Waals surface area contributed by atoms with Crippen LogP contribution in [0.15, 0.2) is 35.3 Å². The third kappa shape index (κ3) is 3.38. The topological polar surface area (TPSA) is 32.6 Å². The molecular weight excluding hydrogens is 162 g/mol. The highest BCUT2D eigenvalue weighted by atomic mass is 16.2. The van der Waals surface area contributed by atoms with Gasteiger partial charge in [-0.3, -0.25) is 4.99 Å². The monoisotopic (exact) mass is 177 g/mol. The molecule has 1 N–H and O–H groups in total. The van der Waals surface area contributed by atoms with Crippen LogP contribution in [0.3, 0.4) is 0 Å². The number of rotatable bonds is 4. The molecular formula is C11H15NO. The van der Waals surface area contributed by atoms with Crippen molar-refractivity contribution in [2.24, 2.45) is 4.99 Å². The first-order valence-corrected chi connectivity index (χ1v) is 4.52. The maximum Gasteiger partial charge on any atom is 0.0448 e. The molecule has 1 aromatic rings. The van der Waals surface area contributed by atoms with Crippen molar-refractivity contribution in [2.45, 2.75) is 13.3 Å². The van der Waals surface area contributed by atoms with Crippen LogP contribution < -0.4 is 0 Å². The molecule has 0 aliphatic rings. The summed E-state index contributed by atoms with van der Waals surface area (Å²) in [5.74, 6) is 0. The van der Waals surface area contributed by atoms with Gasteiger partial charge in [0.15, 0.2) is 0 Å². The summed E-state index contributed by atoms with van der Waals surface area (Å²) in [6.45, 7) is 2.91. The van der Waals surface area contributed by atoms with Crippen molar-refractivity contribution in [3.05, 3.63) is 35.9 Å². The van der Waals surface area contributed by atoms with Crippen molar-refractivity contribution < 1.29 is 5.11 Å². The third-order valence-electron chi connectivity index (χ3n) is 1.86. The van der Waals surface area contributed by atoms with E-state index in [9.17, 15) is 0 Å². The predicted molar refractivity (Wildman–Crippen MR) is 55.2 cm³/mol. The molecule has 0 aromatic heterocycles. The Hall–Kier alpha value is -1.15. The molecule has 0 fully saturated rings. The van der Waals surface area contributed by atoms with Crippen LogP contribution in [0.25, 0.3) is 0 Å². The van der Waals surface area contributed by atoms with E-state index in [0.29, 0.717) is 6.54 Å². The van der Waals surface area contributed by atoms with Gasteiger partial charge in [0.25, 0.3) is 0 Å². The number of aliphatic hydroxyl groups excluding tert-OH is 1.